The third kappa shape index (κ3) is 5.74. The van der Waals surface area contributed by atoms with E-state index in [1.807, 2.05) is 12.1 Å². The Kier molecular flexibility index (Phi) is 6.50. The summed E-state index contributed by atoms with van der Waals surface area (Å²) in [5.74, 6) is 1.10. The van der Waals surface area contributed by atoms with Gasteiger partial charge in [-0.3, -0.25) is 9.78 Å². The molecule has 0 aliphatic heterocycles. The van der Waals surface area contributed by atoms with E-state index in [0.717, 1.165) is 16.6 Å². The Bertz CT molecular complexity index is 376. The summed E-state index contributed by atoms with van der Waals surface area (Å²) in [5.41, 5.74) is 6.53. The minimum Gasteiger partial charge on any atom is -0.330 e. The van der Waals surface area contributed by atoms with Crippen molar-refractivity contribution in [2.24, 2.45) is 17.6 Å². The Hall–Kier alpha value is -0.740. The topological polar surface area (TPSA) is 56.0 Å². The van der Waals surface area contributed by atoms with Crippen LogP contribution in [-0.2, 0) is 11.2 Å². The van der Waals surface area contributed by atoms with Gasteiger partial charge in [0.05, 0.1) is 0 Å². The molecule has 0 bridgehead atoms. The van der Waals surface area contributed by atoms with Crippen molar-refractivity contribution < 1.29 is 4.79 Å². The van der Waals surface area contributed by atoms with E-state index in [9.17, 15) is 4.79 Å². The number of halogens is 1. The number of rotatable bonds is 7. The van der Waals surface area contributed by atoms with Crippen LogP contribution in [-0.4, -0.2) is 17.3 Å². The number of carbonyl (C=O) groups is 1. The van der Waals surface area contributed by atoms with Crippen molar-refractivity contribution in [2.45, 2.75) is 33.1 Å². The monoisotopic (exact) mass is 312 g/mol. The number of nitrogens with zero attached hydrogens (tertiary/aromatic N) is 1. The third-order valence-electron chi connectivity index (χ3n) is 2.82. The summed E-state index contributed by atoms with van der Waals surface area (Å²) in [5, 5.41) is 0. The molecule has 4 heteroatoms. The fourth-order valence-corrected chi connectivity index (χ4v) is 2.27. The molecule has 0 fully saturated rings. The van der Waals surface area contributed by atoms with Crippen LogP contribution >= 0.6 is 15.9 Å². The summed E-state index contributed by atoms with van der Waals surface area (Å²) in [7, 11) is 0. The zero-order valence-corrected chi connectivity index (χ0v) is 12.6. The van der Waals surface area contributed by atoms with Crippen molar-refractivity contribution in [3.8, 4) is 0 Å². The quantitative estimate of drug-likeness (QED) is 0.842. The molecule has 0 spiro atoms. The molecule has 1 unspecified atom stereocenters. The number of ketones is 1. The lowest BCUT2D eigenvalue weighted by Gasteiger charge is -2.15. The standard InChI is InChI=1S/C14H21BrN2O/c1-10(2)5-11(8-16)6-14(18)7-13-4-3-12(15)9-17-13/h3-4,9-11H,5-8,16H2,1-2H3. The van der Waals surface area contributed by atoms with Crippen LogP contribution in [0, 0.1) is 11.8 Å². The SMILES string of the molecule is CC(C)CC(CN)CC(=O)Cc1ccc(Br)cn1. The maximum atomic E-state index is 11.9. The van der Waals surface area contributed by atoms with E-state index in [-0.39, 0.29) is 5.78 Å². The maximum absolute atomic E-state index is 11.9. The molecule has 1 aromatic heterocycles. The Balaban J connectivity index is 2.47. The number of nitrogens with two attached hydrogens (primary N) is 1. The number of pyridine rings is 1. The fourth-order valence-electron chi connectivity index (χ4n) is 2.04. The smallest absolute Gasteiger partial charge is 0.139 e. The van der Waals surface area contributed by atoms with Gasteiger partial charge in [-0.2, -0.15) is 0 Å². The second-order valence-corrected chi connectivity index (χ2v) is 6.03. The van der Waals surface area contributed by atoms with E-state index in [4.69, 9.17) is 5.73 Å². The van der Waals surface area contributed by atoms with Gasteiger partial charge in [0.1, 0.15) is 5.78 Å². The lowest BCUT2D eigenvalue weighted by molar-refractivity contribution is -0.119. The van der Waals surface area contributed by atoms with E-state index in [1.54, 1.807) is 6.20 Å². The van der Waals surface area contributed by atoms with Crippen LogP contribution in [0.1, 0.15) is 32.4 Å². The molecule has 3 nitrogen and oxygen atoms in total. The van der Waals surface area contributed by atoms with Crippen molar-refractivity contribution in [3.63, 3.8) is 0 Å². The highest BCUT2D eigenvalue weighted by atomic mass is 79.9. The summed E-state index contributed by atoms with van der Waals surface area (Å²) < 4.78 is 0.929. The minimum atomic E-state index is 0.223. The average molecular weight is 313 g/mol. The lowest BCUT2D eigenvalue weighted by Crippen LogP contribution is -2.21. The zero-order valence-electron chi connectivity index (χ0n) is 11.0. The first-order chi connectivity index (χ1) is 8.51. The largest absolute Gasteiger partial charge is 0.330 e. The predicted octanol–water partition coefficient (Wildman–Crippen LogP) is 2.97. The molecule has 100 valence electrons. The van der Waals surface area contributed by atoms with Gasteiger partial charge in [0.15, 0.2) is 0 Å². The highest BCUT2D eigenvalue weighted by Gasteiger charge is 2.14. The highest BCUT2D eigenvalue weighted by Crippen LogP contribution is 2.16. The molecule has 0 aromatic carbocycles. The van der Waals surface area contributed by atoms with Gasteiger partial charge in [-0.1, -0.05) is 13.8 Å². The number of carbonyl (C=O) groups excluding carboxylic acids is 1. The second kappa shape index (κ2) is 7.64. The molecule has 1 atom stereocenters. The third-order valence-corrected chi connectivity index (χ3v) is 3.29. The van der Waals surface area contributed by atoms with Crippen molar-refractivity contribution in [1.82, 2.24) is 4.98 Å². The molecule has 0 aliphatic carbocycles. The molecule has 0 aliphatic rings. The number of hydrogen-bond acceptors (Lipinski definition) is 3. The van der Waals surface area contributed by atoms with Crippen LogP contribution in [0.4, 0.5) is 0 Å². The molecule has 18 heavy (non-hydrogen) atoms. The molecular weight excluding hydrogens is 292 g/mol. The number of Topliss-reactive ketones (excluding diaryl/α,β-unsaturated/α-hetero) is 1. The van der Waals surface area contributed by atoms with Crippen molar-refractivity contribution in [3.05, 3.63) is 28.5 Å². The van der Waals surface area contributed by atoms with Gasteiger partial charge in [-0.25, -0.2) is 0 Å². The van der Waals surface area contributed by atoms with Gasteiger partial charge in [0.2, 0.25) is 0 Å². The molecule has 0 saturated heterocycles. The maximum Gasteiger partial charge on any atom is 0.139 e. The molecule has 0 saturated carbocycles. The highest BCUT2D eigenvalue weighted by molar-refractivity contribution is 9.10. The molecule has 1 heterocycles. The van der Waals surface area contributed by atoms with Gasteiger partial charge in [0.25, 0.3) is 0 Å². The van der Waals surface area contributed by atoms with E-state index in [0.29, 0.717) is 31.2 Å². The van der Waals surface area contributed by atoms with Crippen LogP contribution in [0.15, 0.2) is 22.8 Å². The van der Waals surface area contributed by atoms with Gasteiger partial charge in [-0.05, 0) is 52.9 Å². The Morgan fingerprint density at radius 1 is 1.44 bits per heavy atom. The van der Waals surface area contributed by atoms with Crippen LogP contribution in [0.2, 0.25) is 0 Å². The first-order valence-corrected chi connectivity index (χ1v) is 7.12. The van der Waals surface area contributed by atoms with Crippen molar-refractivity contribution in [2.75, 3.05) is 6.54 Å². The van der Waals surface area contributed by atoms with Crippen molar-refractivity contribution >= 4 is 21.7 Å². The molecular formula is C14H21BrN2O. The second-order valence-electron chi connectivity index (χ2n) is 5.12. The van der Waals surface area contributed by atoms with Gasteiger partial charge < -0.3 is 5.73 Å². The Morgan fingerprint density at radius 2 is 2.17 bits per heavy atom. The first kappa shape index (κ1) is 15.3. The normalized spacial score (nSPS) is 12.7. The predicted molar refractivity (Wildman–Crippen MR) is 77.3 cm³/mol. The summed E-state index contributed by atoms with van der Waals surface area (Å²) in [6, 6.07) is 3.78. The summed E-state index contributed by atoms with van der Waals surface area (Å²) in [6.07, 6.45) is 3.70. The van der Waals surface area contributed by atoms with E-state index >= 15 is 0 Å². The van der Waals surface area contributed by atoms with E-state index in [2.05, 4.69) is 34.8 Å². The fraction of sp³-hybridized carbons (Fsp3) is 0.571. The number of hydrogen-bond donors (Lipinski definition) is 1. The molecule has 1 aromatic rings. The van der Waals surface area contributed by atoms with Gasteiger partial charge >= 0.3 is 0 Å². The van der Waals surface area contributed by atoms with Crippen LogP contribution < -0.4 is 5.73 Å². The zero-order chi connectivity index (χ0) is 13.5. The molecule has 0 radical (unpaired) electrons. The summed E-state index contributed by atoms with van der Waals surface area (Å²) in [4.78, 5) is 16.2. The minimum absolute atomic E-state index is 0.223. The van der Waals surface area contributed by atoms with Gasteiger partial charge in [-0.15, -0.1) is 0 Å². The van der Waals surface area contributed by atoms with Crippen molar-refractivity contribution in [1.29, 1.82) is 0 Å². The summed E-state index contributed by atoms with van der Waals surface area (Å²) >= 11 is 3.33. The van der Waals surface area contributed by atoms with Crippen LogP contribution in [0.5, 0.6) is 0 Å². The molecule has 1 rings (SSSR count). The molecule has 0 amide bonds. The summed E-state index contributed by atoms with van der Waals surface area (Å²) in [6.45, 7) is 4.89. The van der Waals surface area contributed by atoms with E-state index in [1.165, 1.54) is 0 Å². The van der Waals surface area contributed by atoms with Gasteiger partial charge in [0, 0.05) is 29.2 Å². The van der Waals surface area contributed by atoms with Crippen LogP contribution in [0.25, 0.3) is 0 Å². The van der Waals surface area contributed by atoms with Crippen LogP contribution in [0.3, 0.4) is 0 Å². The van der Waals surface area contributed by atoms with E-state index < -0.39 is 0 Å². The number of aromatic nitrogens is 1. The molecule has 2 N–H and O–H groups in total. The Labute approximate surface area is 117 Å². The average Bonchev–Trinajstić information content (AvgIpc) is 2.30. The first-order valence-electron chi connectivity index (χ1n) is 6.33. The lowest BCUT2D eigenvalue weighted by atomic mass is 9.91. The Morgan fingerprint density at radius 3 is 2.67 bits per heavy atom.